The van der Waals surface area contributed by atoms with Crippen LogP contribution < -0.4 is 4.72 Å². The Morgan fingerprint density at radius 1 is 1.29 bits per heavy atom. The molecule has 0 radical (unpaired) electrons. The molecule has 8 nitrogen and oxygen atoms in total. The van der Waals surface area contributed by atoms with Crippen molar-refractivity contribution in [3.05, 3.63) is 30.6 Å². The van der Waals surface area contributed by atoms with Crippen molar-refractivity contribution in [2.45, 2.75) is 23.8 Å². The zero-order valence-electron chi connectivity index (χ0n) is 14.3. The second kappa shape index (κ2) is 6.66. The highest BCUT2D eigenvalue weighted by atomic mass is 32.2. The van der Waals surface area contributed by atoms with Gasteiger partial charge in [-0.15, -0.1) is 0 Å². The van der Waals surface area contributed by atoms with E-state index in [0.717, 1.165) is 25.1 Å². The molecule has 1 N–H and O–H groups in total. The molecule has 1 saturated heterocycles. The molecule has 9 heteroatoms. The third-order valence-corrected chi connectivity index (χ3v) is 6.07. The number of hydrogen-bond acceptors (Lipinski definition) is 5. The summed E-state index contributed by atoms with van der Waals surface area (Å²) in [4.78, 5) is 6.69. The van der Waals surface area contributed by atoms with E-state index in [4.69, 9.17) is 0 Å². The van der Waals surface area contributed by atoms with Crippen LogP contribution in [-0.2, 0) is 24.1 Å². The Balaban J connectivity index is 1.76. The Bertz CT molecular complexity index is 797. The molecule has 132 valence electrons. The lowest BCUT2D eigenvalue weighted by Gasteiger charge is -2.39. The average molecular weight is 352 g/mol. The second-order valence-corrected chi connectivity index (χ2v) is 8.23. The van der Waals surface area contributed by atoms with E-state index in [0.29, 0.717) is 6.54 Å². The van der Waals surface area contributed by atoms with Crippen molar-refractivity contribution in [2.75, 3.05) is 20.1 Å². The molecule has 3 heterocycles. The molecule has 1 aliphatic rings. The van der Waals surface area contributed by atoms with Crippen molar-refractivity contribution >= 4 is 10.0 Å². The van der Waals surface area contributed by atoms with Gasteiger partial charge < -0.3 is 4.57 Å². The van der Waals surface area contributed by atoms with Gasteiger partial charge in [-0.25, -0.2) is 18.1 Å². The Hall–Kier alpha value is -1.71. The predicted molar refractivity (Wildman–Crippen MR) is 89.7 cm³/mol. The van der Waals surface area contributed by atoms with Crippen LogP contribution in [0.2, 0.25) is 0 Å². The Kier molecular flexibility index (Phi) is 4.75. The van der Waals surface area contributed by atoms with E-state index in [1.807, 2.05) is 17.8 Å². The van der Waals surface area contributed by atoms with Crippen LogP contribution in [-0.4, -0.2) is 52.8 Å². The van der Waals surface area contributed by atoms with Gasteiger partial charge in [0.05, 0.1) is 24.3 Å². The highest BCUT2D eigenvalue weighted by molar-refractivity contribution is 7.89. The van der Waals surface area contributed by atoms with Gasteiger partial charge in [0.15, 0.2) is 0 Å². The minimum absolute atomic E-state index is 0.155. The number of sulfonamides is 1. The van der Waals surface area contributed by atoms with Crippen LogP contribution in [0, 0.1) is 5.92 Å². The Labute approximate surface area is 142 Å². The van der Waals surface area contributed by atoms with E-state index in [-0.39, 0.29) is 16.9 Å². The molecule has 0 aliphatic carbocycles. The van der Waals surface area contributed by atoms with Crippen LogP contribution in [0.25, 0.3) is 0 Å². The number of hydrogen-bond donors (Lipinski definition) is 1. The lowest BCUT2D eigenvalue weighted by molar-refractivity contribution is 0.117. The summed E-state index contributed by atoms with van der Waals surface area (Å²) in [6, 6.07) is 0.155. The van der Waals surface area contributed by atoms with Gasteiger partial charge in [0, 0.05) is 33.0 Å². The molecule has 0 amide bonds. The fraction of sp³-hybridized carbons (Fsp3) is 0.600. The lowest BCUT2D eigenvalue weighted by atomic mass is 9.87. The summed E-state index contributed by atoms with van der Waals surface area (Å²) >= 11 is 0. The van der Waals surface area contributed by atoms with E-state index < -0.39 is 10.0 Å². The van der Waals surface area contributed by atoms with Gasteiger partial charge in [0.1, 0.15) is 4.90 Å². The van der Waals surface area contributed by atoms with E-state index in [2.05, 4.69) is 26.8 Å². The maximum Gasteiger partial charge on any atom is 0.243 e. The molecular weight excluding hydrogens is 328 g/mol. The van der Waals surface area contributed by atoms with Crippen LogP contribution in [0.15, 0.2) is 29.8 Å². The first-order chi connectivity index (χ1) is 11.4. The van der Waals surface area contributed by atoms with Gasteiger partial charge in [-0.3, -0.25) is 9.58 Å². The molecule has 2 aromatic heterocycles. The summed E-state index contributed by atoms with van der Waals surface area (Å²) in [5.41, 5.74) is 1.11. The van der Waals surface area contributed by atoms with E-state index >= 15 is 0 Å². The van der Waals surface area contributed by atoms with Crippen LogP contribution in [0.1, 0.15) is 24.6 Å². The van der Waals surface area contributed by atoms with Crippen molar-refractivity contribution < 1.29 is 8.42 Å². The average Bonchev–Trinajstić information content (AvgIpc) is 3.14. The molecule has 2 aromatic rings. The predicted octanol–water partition coefficient (Wildman–Crippen LogP) is 0.515. The van der Waals surface area contributed by atoms with E-state index in [1.54, 1.807) is 13.4 Å². The number of rotatable bonds is 5. The number of aryl methyl sites for hydroxylation is 2. The third-order valence-electron chi connectivity index (χ3n) is 4.69. The monoisotopic (exact) mass is 352 g/mol. The molecular formula is C15H24N6O2S. The zero-order valence-corrected chi connectivity index (χ0v) is 15.1. The summed E-state index contributed by atoms with van der Waals surface area (Å²) in [7, 11) is 2.23. The summed E-state index contributed by atoms with van der Waals surface area (Å²) in [6.07, 6.45) is 8.57. The fourth-order valence-electron chi connectivity index (χ4n) is 3.43. The largest absolute Gasteiger partial charge is 0.336 e. The molecule has 0 saturated carbocycles. The van der Waals surface area contributed by atoms with Gasteiger partial charge in [-0.1, -0.05) is 0 Å². The fourth-order valence-corrected chi connectivity index (χ4v) is 4.51. The van der Waals surface area contributed by atoms with E-state index in [1.165, 1.54) is 17.1 Å². The van der Waals surface area contributed by atoms with Crippen molar-refractivity contribution in [1.29, 1.82) is 0 Å². The van der Waals surface area contributed by atoms with Gasteiger partial charge >= 0.3 is 0 Å². The maximum atomic E-state index is 12.4. The van der Waals surface area contributed by atoms with Gasteiger partial charge in [-0.2, -0.15) is 5.10 Å². The topological polar surface area (TPSA) is 85.1 Å². The molecule has 3 rings (SSSR count). The van der Waals surface area contributed by atoms with Crippen molar-refractivity contribution in [1.82, 2.24) is 29.0 Å². The SMILES string of the molecule is CN1CCC[C@@H](CNS(=O)(=O)c2cnn(C)c2)[C@@H]1c1cncn1C. The molecule has 0 spiro atoms. The number of imidazole rings is 1. The lowest BCUT2D eigenvalue weighted by Crippen LogP contribution is -2.42. The van der Waals surface area contributed by atoms with Gasteiger partial charge in [0.2, 0.25) is 10.0 Å². The quantitative estimate of drug-likeness (QED) is 0.848. The first kappa shape index (κ1) is 17.1. The zero-order chi connectivity index (χ0) is 17.3. The van der Waals surface area contributed by atoms with Crippen molar-refractivity contribution in [3.8, 4) is 0 Å². The molecule has 1 fully saturated rings. The number of piperidine rings is 1. The standard InChI is InChI=1S/C15H24N6O2S/c1-19-6-4-5-12(15(19)14-9-16-11-20(14)2)7-18-24(22,23)13-8-17-21(3)10-13/h8-12,15,18H,4-7H2,1-3H3/t12-,15+/m0/s1. The normalized spacial score (nSPS) is 22.8. The summed E-state index contributed by atoms with van der Waals surface area (Å²) in [5, 5.41) is 3.93. The highest BCUT2D eigenvalue weighted by Crippen LogP contribution is 2.34. The molecule has 1 aliphatic heterocycles. The minimum atomic E-state index is -3.53. The van der Waals surface area contributed by atoms with Crippen LogP contribution in [0.4, 0.5) is 0 Å². The number of nitrogens with one attached hydrogen (secondary N) is 1. The van der Waals surface area contributed by atoms with Crippen LogP contribution >= 0.6 is 0 Å². The van der Waals surface area contributed by atoms with Crippen molar-refractivity contribution in [3.63, 3.8) is 0 Å². The smallest absolute Gasteiger partial charge is 0.243 e. The van der Waals surface area contributed by atoms with Crippen LogP contribution in [0.5, 0.6) is 0 Å². The molecule has 0 unspecified atom stereocenters. The van der Waals surface area contributed by atoms with Crippen LogP contribution in [0.3, 0.4) is 0 Å². The second-order valence-electron chi connectivity index (χ2n) is 6.46. The summed E-state index contributed by atoms with van der Waals surface area (Å²) < 4.78 is 31.1. The maximum absolute atomic E-state index is 12.4. The van der Waals surface area contributed by atoms with Gasteiger partial charge in [-0.05, 0) is 32.4 Å². The first-order valence-corrected chi connectivity index (χ1v) is 9.51. The summed E-state index contributed by atoms with van der Waals surface area (Å²) in [6.45, 7) is 1.40. The number of nitrogens with zero attached hydrogens (tertiary/aromatic N) is 5. The third kappa shape index (κ3) is 3.38. The highest BCUT2D eigenvalue weighted by Gasteiger charge is 2.33. The number of likely N-dealkylation sites (tertiary alicyclic amines) is 1. The Morgan fingerprint density at radius 3 is 2.71 bits per heavy atom. The van der Waals surface area contributed by atoms with Gasteiger partial charge in [0.25, 0.3) is 0 Å². The van der Waals surface area contributed by atoms with E-state index in [9.17, 15) is 8.42 Å². The van der Waals surface area contributed by atoms with Crippen molar-refractivity contribution in [2.24, 2.45) is 20.0 Å². The first-order valence-electron chi connectivity index (χ1n) is 8.03. The Morgan fingerprint density at radius 2 is 2.08 bits per heavy atom. The summed E-state index contributed by atoms with van der Waals surface area (Å²) in [5.74, 6) is 0.200. The molecule has 0 bridgehead atoms. The minimum Gasteiger partial charge on any atom is -0.336 e. The molecule has 0 aromatic carbocycles. The number of aromatic nitrogens is 4. The molecule has 2 atom stereocenters. The molecule has 24 heavy (non-hydrogen) atoms.